The van der Waals surface area contributed by atoms with Crippen molar-refractivity contribution in [3.05, 3.63) is 52.3 Å². The lowest BCUT2D eigenvalue weighted by molar-refractivity contribution is 0.477. The molecule has 0 fully saturated rings. The van der Waals surface area contributed by atoms with E-state index in [9.17, 15) is 0 Å². The van der Waals surface area contributed by atoms with E-state index in [4.69, 9.17) is 0 Å². The Labute approximate surface area is 168 Å². The topological polar surface area (TPSA) is 45.5 Å². The largest absolute Gasteiger partial charge is 0.356 e. The minimum atomic E-state index is 0. The van der Waals surface area contributed by atoms with Crippen LogP contribution in [0.5, 0.6) is 0 Å². The monoisotopic (exact) mass is 455 g/mol. The average Bonchev–Trinajstić information content (AvgIpc) is 2.79. The van der Waals surface area contributed by atoms with E-state index >= 15 is 0 Å². The molecule has 0 spiro atoms. The van der Waals surface area contributed by atoms with Crippen LogP contribution in [0.15, 0.2) is 29.3 Å². The van der Waals surface area contributed by atoms with Gasteiger partial charge in [-0.3, -0.25) is 9.67 Å². The smallest absolute Gasteiger partial charge is 0.193 e. The maximum absolute atomic E-state index is 4.47. The number of halogens is 1. The Bertz CT molecular complexity index is 703. The number of rotatable bonds is 5. The van der Waals surface area contributed by atoms with Crippen molar-refractivity contribution in [1.29, 1.82) is 0 Å². The van der Waals surface area contributed by atoms with Crippen molar-refractivity contribution in [1.82, 2.24) is 20.0 Å². The van der Waals surface area contributed by atoms with Crippen molar-refractivity contribution in [2.45, 2.75) is 33.7 Å². The lowest BCUT2D eigenvalue weighted by Crippen LogP contribution is -2.39. The summed E-state index contributed by atoms with van der Waals surface area (Å²) in [6.45, 7) is 7.98. The van der Waals surface area contributed by atoms with Gasteiger partial charge in [0.05, 0.1) is 5.69 Å². The second kappa shape index (κ2) is 9.79. The van der Waals surface area contributed by atoms with Crippen LogP contribution in [0.25, 0.3) is 0 Å². The van der Waals surface area contributed by atoms with E-state index in [-0.39, 0.29) is 24.0 Å². The predicted molar refractivity (Wildman–Crippen MR) is 116 cm³/mol. The molecule has 0 bridgehead atoms. The summed E-state index contributed by atoms with van der Waals surface area (Å²) in [7, 11) is 5.89. The van der Waals surface area contributed by atoms with Gasteiger partial charge in [0.1, 0.15) is 0 Å². The molecule has 0 radical (unpaired) electrons. The van der Waals surface area contributed by atoms with Crippen LogP contribution < -0.4 is 5.32 Å². The molecule has 0 saturated heterocycles. The third kappa shape index (κ3) is 5.73. The van der Waals surface area contributed by atoms with E-state index in [0.717, 1.165) is 31.2 Å². The molecule has 0 aliphatic rings. The third-order valence-electron chi connectivity index (χ3n) is 4.43. The third-order valence-corrected chi connectivity index (χ3v) is 4.43. The summed E-state index contributed by atoms with van der Waals surface area (Å²) in [5.41, 5.74) is 6.23. The van der Waals surface area contributed by atoms with Gasteiger partial charge in [0, 0.05) is 39.9 Å². The molecule has 6 heteroatoms. The van der Waals surface area contributed by atoms with Gasteiger partial charge in [0.15, 0.2) is 5.96 Å². The number of guanidine groups is 1. The van der Waals surface area contributed by atoms with Crippen molar-refractivity contribution >= 4 is 29.9 Å². The molecule has 1 aromatic carbocycles. The fraction of sp³-hybridized carbons (Fsp3) is 0.474. The molecule has 0 amide bonds. The summed E-state index contributed by atoms with van der Waals surface area (Å²) in [4.78, 5) is 6.54. The van der Waals surface area contributed by atoms with Crippen LogP contribution in [-0.4, -0.2) is 41.3 Å². The summed E-state index contributed by atoms with van der Waals surface area (Å²) in [5, 5.41) is 7.93. The fourth-order valence-corrected chi connectivity index (χ4v) is 2.91. The van der Waals surface area contributed by atoms with Gasteiger partial charge >= 0.3 is 0 Å². The summed E-state index contributed by atoms with van der Waals surface area (Å²) in [6.07, 6.45) is 0.947. The lowest BCUT2D eigenvalue weighted by atomic mass is 10.1. The Morgan fingerprint density at radius 1 is 1.20 bits per heavy atom. The summed E-state index contributed by atoms with van der Waals surface area (Å²) >= 11 is 0. The van der Waals surface area contributed by atoms with Crippen LogP contribution in [0.4, 0.5) is 0 Å². The second-order valence-electron chi connectivity index (χ2n) is 6.34. The molecular formula is C19H30IN5. The Morgan fingerprint density at radius 3 is 2.36 bits per heavy atom. The van der Waals surface area contributed by atoms with Gasteiger partial charge in [-0.05, 0) is 38.3 Å². The number of nitrogens with zero attached hydrogens (tertiary/aromatic N) is 4. The SMILES string of the molecule is CN=C(NCCc1c(C)nn(C)c1C)N(C)Cc1ccc(C)cc1.I. The van der Waals surface area contributed by atoms with E-state index in [1.54, 1.807) is 0 Å². The number of hydrogen-bond acceptors (Lipinski definition) is 2. The van der Waals surface area contributed by atoms with Crippen LogP contribution >= 0.6 is 24.0 Å². The molecule has 0 aliphatic heterocycles. The van der Waals surface area contributed by atoms with E-state index in [2.05, 4.69) is 72.4 Å². The van der Waals surface area contributed by atoms with Crippen molar-refractivity contribution in [2.24, 2.45) is 12.0 Å². The van der Waals surface area contributed by atoms with Crippen LogP contribution in [-0.2, 0) is 20.0 Å². The number of benzene rings is 1. The molecule has 1 aromatic heterocycles. The van der Waals surface area contributed by atoms with Crippen LogP contribution in [0.2, 0.25) is 0 Å². The van der Waals surface area contributed by atoms with Crippen LogP contribution in [0, 0.1) is 20.8 Å². The first-order valence-corrected chi connectivity index (χ1v) is 8.38. The van der Waals surface area contributed by atoms with Gasteiger partial charge < -0.3 is 10.2 Å². The van der Waals surface area contributed by atoms with Gasteiger partial charge in [0.25, 0.3) is 0 Å². The zero-order valence-corrected chi connectivity index (χ0v) is 18.5. The predicted octanol–water partition coefficient (Wildman–Crippen LogP) is 3.21. The number of hydrogen-bond donors (Lipinski definition) is 1. The first-order chi connectivity index (χ1) is 11.4. The fourth-order valence-electron chi connectivity index (χ4n) is 2.91. The van der Waals surface area contributed by atoms with Gasteiger partial charge in [-0.2, -0.15) is 5.10 Å². The molecule has 0 unspecified atom stereocenters. The molecule has 1 N–H and O–H groups in total. The zero-order valence-electron chi connectivity index (χ0n) is 16.1. The van der Waals surface area contributed by atoms with E-state index in [0.29, 0.717) is 0 Å². The van der Waals surface area contributed by atoms with Crippen molar-refractivity contribution in [2.75, 3.05) is 20.6 Å². The minimum absolute atomic E-state index is 0. The van der Waals surface area contributed by atoms with E-state index in [1.807, 2.05) is 18.8 Å². The maximum atomic E-state index is 4.47. The van der Waals surface area contributed by atoms with Crippen LogP contribution in [0.3, 0.4) is 0 Å². The Kier molecular flexibility index (Phi) is 8.41. The van der Waals surface area contributed by atoms with Gasteiger partial charge in [-0.1, -0.05) is 29.8 Å². The first kappa shape index (κ1) is 21.5. The maximum Gasteiger partial charge on any atom is 0.193 e. The first-order valence-electron chi connectivity index (χ1n) is 8.38. The summed E-state index contributed by atoms with van der Waals surface area (Å²) < 4.78 is 1.95. The molecule has 0 saturated carbocycles. The highest BCUT2D eigenvalue weighted by molar-refractivity contribution is 14.0. The van der Waals surface area contributed by atoms with Crippen molar-refractivity contribution in [3.8, 4) is 0 Å². The molecule has 0 aliphatic carbocycles. The lowest BCUT2D eigenvalue weighted by Gasteiger charge is -2.22. The summed E-state index contributed by atoms with van der Waals surface area (Å²) in [5.74, 6) is 0.912. The number of aryl methyl sites for hydroxylation is 3. The highest BCUT2D eigenvalue weighted by Gasteiger charge is 2.10. The zero-order chi connectivity index (χ0) is 17.7. The normalized spacial score (nSPS) is 11.2. The molecule has 138 valence electrons. The van der Waals surface area contributed by atoms with Crippen LogP contribution in [0.1, 0.15) is 28.1 Å². The van der Waals surface area contributed by atoms with Gasteiger partial charge in [-0.15, -0.1) is 24.0 Å². The highest BCUT2D eigenvalue weighted by atomic mass is 127. The van der Waals surface area contributed by atoms with Crippen molar-refractivity contribution < 1.29 is 0 Å². The second-order valence-corrected chi connectivity index (χ2v) is 6.34. The average molecular weight is 455 g/mol. The molecule has 25 heavy (non-hydrogen) atoms. The highest BCUT2D eigenvalue weighted by Crippen LogP contribution is 2.12. The number of aliphatic imine (C=N–C) groups is 1. The summed E-state index contributed by atoms with van der Waals surface area (Å²) in [6, 6.07) is 8.63. The Hall–Kier alpha value is -1.57. The van der Waals surface area contributed by atoms with E-state index in [1.165, 1.54) is 22.4 Å². The molecule has 5 nitrogen and oxygen atoms in total. The molecule has 0 atom stereocenters. The molecular weight excluding hydrogens is 425 g/mol. The van der Waals surface area contributed by atoms with Gasteiger partial charge in [0.2, 0.25) is 0 Å². The number of aromatic nitrogens is 2. The quantitative estimate of drug-likeness (QED) is 0.428. The standard InChI is InChI=1S/C19H29N5.HI/c1-14-7-9-17(10-8-14)13-23(5)19(20-4)21-12-11-18-15(2)22-24(6)16(18)3;/h7-10H,11-13H2,1-6H3,(H,20,21);1H. The molecule has 2 aromatic rings. The van der Waals surface area contributed by atoms with E-state index < -0.39 is 0 Å². The Balaban J connectivity index is 0.00000312. The Morgan fingerprint density at radius 2 is 1.84 bits per heavy atom. The minimum Gasteiger partial charge on any atom is -0.356 e. The van der Waals surface area contributed by atoms with Gasteiger partial charge in [-0.25, -0.2) is 0 Å². The number of nitrogens with one attached hydrogen (secondary N) is 1. The van der Waals surface area contributed by atoms with Crippen molar-refractivity contribution in [3.63, 3.8) is 0 Å². The molecule has 1 heterocycles. The molecule has 2 rings (SSSR count).